The van der Waals surface area contributed by atoms with Gasteiger partial charge in [-0.25, -0.2) is 4.98 Å². The molecule has 0 aliphatic heterocycles. The highest BCUT2D eigenvalue weighted by atomic mass is 35.5. The fourth-order valence-electron chi connectivity index (χ4n) is 0.757. The van der Waals surface area contributed by atoms with E-state index in [1.165, 1.54) is 24.0 Å². The minimum Gasteiger partial charge on any atom is -0.258 e. The van der Waals surface area contributed by atoms with E-state index < -0.39 is 4.92 Å². The van der Waals surface area contributed by atoms with Gasteiger partial charge in [0.05, 0.1) is 9.95 Å². The first-order chi connectivity index (χ1) is 6.65. The van der Waals surface area contributed by atoms with Gasteiger partial charge in [-0.3, -0.25) is 10.1 Å². The zero-order chi connectivity index (χ0) is 10.6. The van der Waals surface area contributed by atoms with Crippen molar-refractivity contribution in [2.75, 3.05) is 11.6 Å². The SMILES string of the molecule is O=[N+]([O-])c1cnc(SCCCl)c(Cl)c1. The second-order valence-corrected chi connectivity index (χ2v) is 4.14. The van der Waals surface area contributed by atoms with Crippen LogP contribution < -0.4 is 0 Å². The summed E-state index contributed by atoms with van der Waals surface area (Å²) in [5.41, 5.74) is -0.106. The van der Waals surface area contributed by atoms with Gasteiger partial charge in [0.15, 0.2) is 0 Å². The van der Waals surface area contributed by atoms with Crippen LogP contribution in [0, 0.1) is 10.1 Å². The second kappa shape index (κ2) is 5.38. The second-order valence-electron chi connectivity index (χ2n) is 2.28. The van der Waals surface area contributed by atoms with E-state index in [-0.39, 0.29) is 10.7 Å². The van der Waals surface area contributed by atoms with Crippen molar-refractivity contribution in [2.45, 2.75) is 5.03 Å². The van der Waals surface area contributed by atoms with Gasteiger partial charge in [0.2, 0.25) is 0 Å². The summed E-state index contributed by atoms with van der Waals surface area (Å²) in [7, 11) is 0. The van der Waals surface area contributed by atoms with Crippen LogP contribution in [0.5, 0.6) is 0 Å². The standard InChI is InChI=1S/C7H6Cl2N2O2S/c8-1-2-14-7-6(9)3-5(4-10-7)11(12)13/h3-4H,1-2H2. The lowest BCUT2D eigenvalue weighted by atomic mass is 10.4. The first-order valence-corrected chi connectivity index (χ1v) is 5.53. The number of rotatable bonds is 4. The number of hydrogen-bond donors (Lipinski definition) is 0. The van der Waals surface area contributed by atoms with E-state index in [4.69, 9.17) is 23.2 Å². The number of nitrogens with zero attached hydrogens (tertiary/aromatic N) is 2. The highest BCUT2D eigenvalue weighted by molar-refractivity contribution is 7.99. The van der Waals surface area contributed by atoms with Crippen molar-refractivity contribution in [3.8, 4) is 0 Å². The first kappa shape index (κ1) is 11.6. The monoisotopic (exact) mass is 252 g/mol. The summed E-state index contributed by atoms with van der Waals surface area (Å²) in [6.07, 6.45) is 1.18. The molecule has 14 heavy (non-hydrogen) atoms. The smallest absolute Gasteiger partial charge is 0.258 e. The van der Waals surface area contributed by atoms with E-state index >= 15 is 0 Å². The van der Waals surface area contributed by atoms with E-state index in [0.29, 0.717) is 16.7 Å². The molecule has 4 nitrogen and oxygen atoms in total. The van der Waals surface area contributed by atoms with Crippen LogP contribution in [0.25, 0.3) is 0 Å². The van der Waals surface area contributed by atoms with Crippen molar-refractivity contribution >= 4 is 40.7 Å². The Morgan fingerprint density at radius 1 is 1.64 bits per heavy atom. The largest absolute Gasteiger partial charge is 0.289 e. The van der Waals surface area contributed by atoms with Crippen LogP contribution in [-0.4, -0.2) is 21.5 Å². The number of nitro groups is 1. The van der Waals surface area contributed by atoms with E-state index in [9.17, 15) is 10.1 Å². The molecule has 0 fully saturated rings. The van der Waals surface area contributed by atoms with Gasteiger partial charge < -0.3 is 0 Å². The Morgan fingerprint density at radius 2 is 2.36 bits per heavy atom. The fourth-order valence-corrected chi connectivity index (χ4v) is 1.91. The normalized spacial score (nSPS) is 10.1. The Labute approximate surface area is 94.8 Å². The molecule has 1 rings (SSSR count). The summed E-state index contributed by atoms with van der Waals surface area (Å²) >= 11 is 12.6. The summed E-state index contributed by atoms with van der Waals surface area (Å²) in [5, 5.41) is 11.2. The van der Waals surface area contributed by atoms with Gasteiger partial charge in [-0.05, 0) is 0 Å². The Bertz CT molecular complexity index is 348. The van der Waals surface area contributed by atoms with Crippen LogP contribution in [0.15, 0.2) is 17.3 Å². The maximum atomic E-state index is 10.4. The van der Waals surface area contributed by atoms with Crippen LogP contribution in [0.3, 0.4) is 0 Å². The van der Waals surface area contributed by atoms with Gasteiger partial charge in [0.25, 0.3) is 5.69 Å². The third-order valence-electron chi connectivity index (χ3n) is 1.32. The number of aromatic nitrogens is 1. The number of pyridine rings is 1. The Balaban J connectivity index is 2.84. The molecule has 1 heterocycles. The highest BCUT2D eigenvalue weighted by Crippen LogP contribution is 2.27. The van der Waals surface area contributed by atoms with Gasteiger partial charge in [0.1, 0.15) is 11.2 Å². The molecule has 0 saturated heterocycles. The van der Waals surface area contributed by atoms with E-state index in [1.807, 2.05) is 0 Å². The van der Waals surface area contributed by atoms with Crippen molar-refractivity contribution < 1.29 is 4.92 Å². The maximum Gasteiger partial charge on any atom is 0.289 e. The van der Waals surface area contributed by atoms with Crippen molar-refractivity contribution in [3.05, 3.63) is 27.4 Å². The predicted molar refractivity (Wildman–Crippen MR) is 57.3 cm³/mol. The van der Waals surface area contributed by atoms with Gasteiger partial charge in [0, 0.05) is 17.7 Å². The molecule has 0 radical (unpaired) electrons. The molecule has 0 unspecified atom stereocenters. The molecule has 0 aromatic carbocycles. The quantitative estimate of drug-likeness (QED) is 0.358. The summed E-state index contributed by atoms with van der Waals surface area (Å²) < 4.78 is 0. The molecule has 1 aromatic heterocycles. The van der Waals surface area contributed by atoms with Crippen LogP contribution in [0.1, 0.15) is 0 Å². The summed E-state index contributed by atoms with van der Waals surface area (Å²) in [4.78, 5) is 13.7. The van der Waals surface area contributed by atoms with Crippen molar-refractivity contribution in [2.24, 2.45) is 0 Å². The van der Waals surface area contributed by atoms with E-state index in [0.717, 1.165) is 0 Å². The summed E-state index contributed by atoms with van der Waals surface area (Å²) in [5.74, 6) is 1.16. The highest BCUT2D eigenvalue weighted by Gasteiger charge is 2.10. The van der Waals surface area contributed by atoms with Crippen LogP contribution >= 0.6 is 35.0 Å². The van der Waals surface area contributed by atoms with E-state index in [1.54, 1.807) is 0 Å². The van der Waals surface area contributed by atoms with Gasteiger partial charge in [-0.2, -0.15) is 0 Å². The first-order valence-electron chi connectivity index (χ1n) is 3.64. The lowest BCUT2D eigenvalue weighted by Crippen LogP contribution is -1.91. The molecule has 0 spiro atoms. The molecule has 7 heteroatoms. The zero-order valence-corrected chi connectivity index (χ0v) is 9.27. The molecule has 1 aromatic rings. The molecule has 0 bridgehead atoms. The van der Waals surface area contributed by atoms with Gasteiger partial charge in [-0.1, -0.05) is 11.6 Å². The summed E-state index contributed by atoms with van der Waals surface area (Å²) in [6, 6.07) is 1.28. The van der Waals surface area contributed by atoms with Crippen molar-refractivity contribution in [1.82, 2.24) is 4.98 Å². The number of halogens is 2. The lowest BCUT2D eigenvalue weighted by Gasteiger charge is -2.00. The molecule has 0 aliphatic rings. The summed E-state index contributed by atoms with van der Waals surface area (Å²) in [6.45, 7) is 0. The molecular weight excluding hydrogens is 247 g/mol. The van der Waals surface area contributed by atoms with Crippen LogP contribution in [-0.2, 0) is 0 Å². The lowest BCUT2D eigenvalue weighted by molar-refractivity contribution is -0.385. The average molecular weight is 253 g/mol. The van der Waals surface area contributed by atoms with Crippen molar-refractivity contribution in [3.63, 3.8) is 0 Å². The van der Waals surface area contributed by atoms with Crippen LogP contribution in [0.4, 0.5) is 5.69 Å². The maximum absolute atomic E-state index is 10.4. The predicted octanol–water partition coefficient (Wildman–Crippen LogP) is 2.97. The van der Waals surface area contributed by atoms with Crippen molar-refractivity contribution in [1.29, 1.82) is 0 Å². The molecule has 0 aliphatic carbocycles. The average Bonchev–Trinajstić information content (AvgIpc) is 2.15. The molecule has 0 N–H and O–H groups in total. The number of alkyl halides is 1. The third kappa shape index (κ3) is 3.01. The number of thioether (sulfide) groups is 1. The zero-order valence-electron chi connectivity index (χ0n) is 6.94. The minimum atomic E-state index is -0.533. The Morgan fingerprint density at radius 3 is 2.86 bits per heavy atom. The molecule has 0 atom stereocenters. The molecule has 76 valence electrons. The Kier molecular flexibility index (Phi) is 4.44. The van der Waals surface area contributed by atoms with Gasteiger partial charge in [-0.15, -0.1) is 23.4 Å². The van der Waals surface area contributed by atoms with E-state index in [2.05, 4.69) is 4.98 Å². The third-order valence-corrected chi connectivity index (χ3v) is 3.14. The molecular formula is C7H6Cl2N2O2S. The molecule has 0 saturated carbocycles. The van der Waals surface area contributed by atoms with Gasteiger partial charge >= 0.3 is 0 Å². The minimum absolute atomic E-state index is 0.106. The Hall–Kier alpha value is -0.520. The topological polar surface area (TPSA) is 56.0 Å². The fraction of sp³-hybridized carbons (Fsp3) is 0.286. The van der Waals surface area contributed by atoms with Crippen LogP contribution in [0.2, 0.25) is 5.02 Å². The number of hydrogen-bond acceptors (Lipinski definition) is 4. The molecule has 0 amide bonds.